The lowest BCUT2D eigenvalue weighted by atomic mass is 9.94. The van der Waals surface area contributed by atoms with Gasteiger partial charge in [-0.05, 0) is 70.0 Å². The molecule has 2 aromatic carbocycles. The third-order valence-corrected chi connectivity index (χ3v) is 6.85. The average Bonchev–Trinajstić information content (AvgIpc) is 3.30. The van der Waals surface area contributed by atoms with Crippen LogP contribution in [0.3, 0.4) is 0 Å². The standard InChI is InChI=1S/C34H45NO4/c1-6-9-18-31-32(29-24-27(19-20-30(29)39-31)34(37)38-25(4)5)33(36)28-17-13-12-15-26(28)16-14-23-35(21-10-7-2)22-11-8-3/h12-17,19-20,24-25H,6-11,18,21-23H2,1-5H3/b16-14+. The summed E-state index contributed by atoms with van der Waals surface area (Å²) in [4.78, 5) is 29.3. The minimum atomic E-state index is -0.402. The van der Waals surface area contributed by atoms with Gasteiger partial charge < -0.3 is 9.15 Å². The molecule has 3 aromatic rings. The van der Waals surface area contributed by atoms with E-state index in [1.54, 1.807) is 18.2 Å². The zero-order chi connectivity index (χ0) is 28.2. The fraction of sp³-hybridized carbons (Fsp3) is 0.471. The monoisotopic (exact) mass is 531 g/mol. The largest absolute Gasteiger partial charge is 0.460 e. The van der Waals surface area contributed by atoms with E-state index < -0.39 is 5.97 Å². The number of benzene rings is 2. The third-order valence-electron chi connectivity index (χ3n) is 6.85. The van der Waals surface area contributed by atoms with Gasteiger partial charge in [-0.1, -0.05) is 76.5 Å². The first-order valence-corrected chi connectivity index (χ1v) is 14.7. The summed E-state index contributed by atoms with van der Waals surface area (Å²) in [5, 5.41) is 0.661. The van der Waals surface area contributed by atoms with Crippen molar-refractivity contribution in [1.29, 1.82) is 0 Å². The molecule has 1 heterocycles. The molecule has 5 heteroatoms. The van der Waals surface area contributed by atoms with E-state index in [-0.39, 0.29) is 11.9 Å². The highest BCUT2D eigenvalue weighted by Gasteiger charge is 2.24. The number of carbonyl (C=O) groups excluding carboxylic acids is 2. The molecule has 0 N–H and O–H groups in total. The number of carbonyl (C=O) groups is 2. The predicted molar refractivity (Wildman–Crippen MR) is 161 cm³/mol. The van der Waals surface area contributed by atoms with Crippen LogP contribution in [0.1, 0.15) is 111 Å². The molecule has 0 aliphatic rings. The lowest BCUT2D eigenvalue weighted by Gasteiger charge is -2.20. The molecule has 3 rings (SSSR count). The molecule has 5 nitrogen and oxygen atoms in total. The van der Waals surface area contributed by atoms with E-state index in [0.717, 1.165) is 38.0 Å². The van der Waals surface area contributed by atoms with Crippen LogP contribution < -0.4 is 0 Å². The highest BCUT2D eigenvalue weighted by molar-refractivity contribution is 6.18. The SMILES string of the molecule is CCCCc1oc2ccc(C(=O)OC(C)C)cc2c1C(=O)c1ccccc1/C=C/CN(CCCC)CCCC. The van der Waals surface area contributed by atoms with Crippen molar-refractivity contribution in [3.05, 3.63) is 76.6 Å². The Morgan fingerprint density at radius 1 is 0.949 bits per heavy atom. The molecule has 0 saturated heterocycles. The van der Waals surface area contributed by atoms with E-state index >= 15 is 0 Å². The second kappa shape index (κ2) is 15.4. The van der Waals surface area contributed by atoms with Gasteiger partial charge in [0.05, 0.1) is 17.2 Å². The maximum absolute atomic E-state index is 14.1. The summed E-state index contributed by atoms with van der Waals surface area (Å²) >= 11 is 0. The molecule has 1 aromatic heterocycles. The molecule has 0 spiro atoms. The van der Waals surface area contributed by atoms with E-state index in [9.17, 15) is 9.59 Å². The number of aryl methyl sites for hydroxylation is 1. The molecule has 0 bridgehead atoms. The molecule has 0 unspecified atom stereocenters. The Labute approximate surface area is 234 Å². The Morgan fingerprint density at radius 3 is 2.31 bits per heavy atom. The summed E-state index contributed by atoms with van der Waals surface area (Å²) in [5.41, 5.74) is 3.10. The Balaban J connectivity index is 1.97. The normalized spacial score (nSPS) is 11.8. The van der Waals surface area contributed by atoms with Gasteiger partial charge in [-0.15, -0.1) is 0 Å². The molecule has 0 amide bonds. The molecular weight excluding hydrogens is 486 g/mol. The van der Waals surface area contributed by atoms with Crippen LogP contribution >= 0.6 is 0 Å². The molecular formula is C34H45NO4. The van der Waals surface area contributed by atoms with Crippen molar-refractivity contribution >= 4 is 28.8 Å². The first kappa shape index (κ1) is 30.4. The van der Waals surface area contributed by atoms with E-state index in [2.05, 4.69) is 37.8 Å². The lowest BCUT2D eigenvalue weighted by Crippen LogP contribution is -2.26. The molecule has 0 atom stereocenters. The van der Waals surface area contributed by atoms with Gasteiger partial charge in [0.25, 0.3) is 0 Å². The number of hydrogen-bond acceptors (Lipinski definition) is 5. The van der Waals surface area contributed by atoms with Crippen LogP contribution in [0.5, 0.6) is 0 Å². The van der Waals surface area contributed by atoms with Crippen molar-refractivity contribution in [2.45, 2.75) is 85.7 Å². The Bertz CT molecular complexity index is 1250. The number of unbranched alkanes of at least 4 members (excludes halogenated alkanes) is 3. The minimum Gasteiger partial charge on any atom is -0.460 e. The van der Waals surface area contributed by atoms with Crippen molar-refractivity contribution in [1.82, 2.24) is 4.90 Å². The summed E-state index contributed by atoms with van der Waals surface area (Å²) in [5.74, 6) is 0.194. The summed E-state index contributed by atoms with van der Waals surface area (Å²) in [6.45, 7) is 13.2. The highest BCUT2D eigenvalue weighted by atomic mass is 16.5. The smallest absolute Gasteiger partial charge is 0.338 e. The van der Waals surface area contributed by atoms with Crippen LogP contribution in [0.2, 0.25) is 0 Å². The van der Waals surface area contributed by atoms with Gasteiger partial charge in [-0.25, -0.2) is 4.79 Å². The number of rotatable bonds is 16. The van der Waals surface area contributed by atoms with Crippen molar-refractivity contribution in [3.63, 3.8) is 0 Å². The number of ether oxygens (including phenoxy) is 1. The summed E-state index contributed by atoms with van der Waals surface area (Å²) in [6.07, 6.45) is 11.3. The number of hydrogen-bond donors (Lipinski definition) is 0. The zero-order valence-corrected chi connectivity index (χ0v) is 24.4. The van der Waals surface area contributed by atoms with Crippen molar-refractivity contribution in [2.75, 3.05) is 19.6 Å². The lowest BCUT2D eigenvalue weighted by molar-refractivity contribution is 0.0378. The van der Waals surface area contributed by atoms with Crippen LogP contribution in [-0.4, -0.2) is 42.4 Å². The number of furan rings is 1. The van der Waals surface area contributed by atoms with Crippen molar-refractivity contribution < 1.29 is 18.7 Å². The fourth-order valence-corrected chi connectivity index (χ4v) is 4.69. The van der Waals surface area contributed by atoms with Gasteiger partial charge in [0.2, 0.25) is 0 Å². The first-order valence-electron chi connectivity index (χ1n) is 14.7. The van der Waals surface area contributed by atoms with E-state index in [4.69, 9.17) is 9.15 Å². The van der Waals surface area contributed by atoms with Gasteiger partial charge in [-0.2, -0.15) is 0 Å². The topological polar surface area (TPSA) is 59.8 Å². The molecule has 0 radical (unpaired) electrons. The summed E-state index contributed by atoms with van der Waals surface area (Å²) in [6, 6.07) is 13.0. The van der Waals surface area contributed by atoms with E-state index in [1.165, 1.54) is 25.7 Å². The molecule has 39 heavy (non-hydrogen) atoms. The highest BCUT2D eigenvalue weighted by Crippen LogP contribution is 2.31. The van der Waals surface area contributed by atoms with Gasteiger partial charge in [-0.3, -0.25) is 9.69 Å². The predicted octanol–water partition coefficient (Wildman–Crippen LogP) is 8.49. The van der Waals surface area contributed by atoms with Crippen LogP contribution in [0.25, 0.3) is 17.0 Å². The van der Waals surface area contributed by atoms with Crippen LogP contribution in [0.4, 0.5) is 0 Å². The number of esters is 1. The first-order chi connectivity index (χ1) is 18.9. The van der Waals surface area contributed by atoms with Crippen molar-refractivity contribution in [3.8, 4) is 0 Å². The van der Waals surface area contributed by atoms with E-state index in [0.29, 0.717) is 39.8 Å². The minimum absolute atomic E-state index is 0.0803. The quantitative estimate of drug-likeness (QED) is 0.137. The second-order valence-electron chi connectivity index (χ2n) is 10.5. The fourth-order valence-electron chi connectivity index (χ4n) is 4.69. The van der Waals surface area contributed by atoms with Crippen LogP contribution in [0.15, 0.2) is 53.0 Å². The third kappa shape index (κ3) is 8.40. The number of fused-ring (bicyclic) bond motifs is 1. The molecule has 0 fully saturated rings. The summed E-state index contributed by atoms with van der Waals surface area (Å²) < 4.78 is 11.6. The van der Waals surface area contributed by atoms with Crippen molar-refractivity contribution in [2.24, 2.45) is 0 Å². The van der Waals surface area contributed by atoms with Crippen LogP contribution in [0, 0.1) is 0 Å². The Hall–Kier alpha value is -3.18. The average molecular weight is 532 g/mol. The van der Waals surface area contributed by atoms with Gasteiger partial charge in [0, 0.05) is 23.9 Å². The Kier molecular flexibility index (Phi) is 12.0. The van der Waals surface area contributed by atoms with E-state index in [1.807, 2.05) is 38.1 Å². The van der Waals surface area contributed by atoms with Crippen LogP contribution in [-0.2, 0) is 11.2 Å². The van der Waals surface area contributed by atoms with Gasteiger partial charge in [0.15, 0.2) is 5.78 Å². The second-order valence-corrected chi connectivity index (χ2v) is 10.5. The zero-order valence-electron chi connectivity index (χ0n) is 24.4. The van der Waals surface area contributed by atoms with Gasteiger partial charge in [0.1, 0.15) is 11.3 Å². The molecule has 210 valence electrons. The number of ketones is 1. The van der Waals surface area contributed by atoms with Gasteiger partial charge >= 0.3 is 5.97 Å². The maximum atomic E-state index is 14.1. The molecule has 0 aliphatic carbocycles. The summed E-state index contributed by atoms with van der Waals surface area (Å²) in [7, 11) is 0. The Morgan fingerprint density at radius 2 is 1.64 bits per heavy atom. The molecule has 0 aliphatic heterocycles. The maximum Gasteiger partial charge on any atom is 0.338 e. The molecule has 0 saturated carbocycles. The number of nitrogens with zero attached hydrogens (tertiary/aromatic N) is 1.